The molecule has 54 valence electrons. The normalized spacial score (nSPS) is 24.0. The molecule has 0 aromatic heterocycles. The van der Waals surface area contributed by atoms with Gasteiger partial charge in [0.15, 0.2) is 0 Å². The van der Waals surface area contributed by atoms with Crippen LogP contribution in [-0.4, -0.2) is 26.1 Å². The highest BCUT2D eigenvalue weighted by Crippen LogP contribution is 2.28. The smallest absolute Gasteiger partial charge is 0.247 e. The first-order valence-electron chi connectivity index (χ1n) is 2.90. The molecule has 0 aromatic rings. The zero-order chi connectivity index (χ0) is 6.91. The predicted molar refractivity (Wildman–Crippen MR) is 30.4 cm³/mol. The Hall–Kier alpha value is -0.220. The van der Waals surface area contributed by atoms with Crippen LogP contribution in [0.15, 0.2) is 0 Å². The van der Waals surface area contributed by atoms with Crippen LogP contribution in [0.3, 0.4) is 0 Å². The van der Waals surface area contributed by atoms with E-state index in [0.717, 1.165) is 0 Å². The van der Waals surface area contributed by atoms with E-state index in [0.29, 0.717) is 13.1 Å². The summed E-state index contributed by atoms with van der Waals surface area (Å²) in [7, 11) is 0. The topological polar surface area (TPSA) is 38.0 Å². The van der Waals surface area contributed by atoms with Gasteiger partial charge in [-0.3, -0.25) is 0 Å². The van der Waals surface area contributed by atoms with Crippen LogP contribution in [0.5, 0.6) is 0 Å². The zero-order valence-corrected chi connectivity index (χ0v) is 5.03. The Morgan fingerprint density at radius 1 is 1.56 bits per heavy atom. The molecule has 2 nitrogen and oxygen atoms in total. The second-order valence-corrected chi connectivity index (χ2v) is 2.47. The highest BCUT2D eigenvalue weighted by Gasteiger charge is 2.44. The lowest BCUT2D eigenvalue weighted by Gasteiger charge is -2.40. The Labute approximate surface area is 52.4 Å². The first-order valence-corrected chi connectivity index (χ1v) is 2.90. The minimum atomic E-state index is -2.27. The summed E-state index contributed by atoms with van der Waals surface area (Å²) in [5.74, 6) is 0. The number of rotatable bonds is 2. The average Bonchev–Trinajstić information content (AvgIpc) is 1.62. The van der Waals surface area contributed by atoms with Gasteiger partial charge in [0.05, 0.1) is 5.41 Å². The van der Waals surface area contributed by atoms with Gasteiger partial charge in [0.2, 0.25) is 6.43 Å². The number of alkyl halides is 2. The SMILES string of the molecule is NCC1(C(F)F)CNC1. The summed E-state index contributed by atoms with van der Waals surface area (Å²) in [4.78, 5) is 0. The average molecular weight is 136 g/mol. The van der Waals surface area contributed by atoms with Crippen molar-refractivity contribution in [2.75, 3.05) is 19.6 Å². The number of halogens is 2. The largest absolute Gasteiger partial charge is 0.330 e. The van der Waals surface area contributed by atoms with Crippen molar-refractivity contribution in [2.24, 2.45) is 11.1 Å². The van der Waals surface area contributed by atoms with E-state index in [-0.39, 0.29) is 6.54 Å². The maximum atomic E-state index is 12.0. The molecule has 1 fully saturated rings. The highest BCUT2D eigenvalue weighted by molar-refractivity contribution is 4.94. The van der Waals surface area contributed by atoms with E-state index < -0.39 is 11.8 Å². The van der Waals surface area contributed by atoms with Crippen LogP contribution in [-0.2, 0) is 0 Å². The molecule has 1 heterocycles. The Morgan fingerprint density at radius 2 is 2.11 bits per heavy atom. The first-order chi connectivity index (χ1) is 4.21. The molecule has 3 N–H and O–H groups in total. The maximum absolute atomic E-state index is 12.0. The minimum Gasteiger partial charge on any atom is -0.330 e. The van der Waals surface area contributed by atoms with Crippen LogP contribution >= 0.6 is 0 Å². The molecule has 0 atom stereocenters. The molecule has 0 amide bonds. The summed E-state index contributed by atoms with van der Waals surface area (Å²) < 4.78 is 24.0. The molecular weight excluding hydrogens is 126 g/mol. The Morgan fingerprint density at radius 3 is 2.11 bits per heavy atom. The second-order valence-electron chi connectivity index (χ2n) is 2.47. The number of nitrogens with one attached hydrogen (secondary N) is 1. The van der Waals surface area contributed by atoms with Gasteiger partial charge in [-0.2, -0.15) is 0 Å². The molecule has 0 saturated carbocycles. The quantitative estimate of drug-likeness (QED) is 0.551. The van der Waals surface area contributed by atoms with Crippen LogP contribution in [0.25, 0.3) is 0 Å². The standard InChI is InChI=1S/C5H10F2N2/c6-4(7)5(1-8)2-9-3-5/h4,9H,1-3,8H2. The van der Waals surface area contributed by atoms with Crippen molar-refractivity contribution in [1.29, 1.82) is 0 Å². The molecule has 0 aliphatic carbocycles. The van der Waals surface area contributed by atoms with Crippen LogP contribution in [0.2, 0.25) is 0 Å². The van der Waals surface area contributed by atoms with Crippen LogP contribution in [0.1, 0.15) is 0 Å². The van der Waals surface area contributed by atoms with Crippen molar-refractivity contribution >= 4 is 0 Å². The van der Waals surface area contributed by atoms with Gasteiger partial charge in [0.25, 0.3) is 0 Å². The van der Waals surface area contributed by atoms with Crippen molar-refractivity contribution in [3.8, 4) is 0 Å². The summed E-state index contributed by atoms with van der Waals surface area (Å²) in [6.07, 6.45) is -2.27. The second kappa shape index (κ2) is 2.19. The van der Waals surface area contributed by atoms with Gasteiger partial charge in [-0.05, 0) is 0 Å². The van der Waals surface area contributed by atoms with E-state index in [9.17, 15) is 8.78 Å². The minimum absolute atomic E-state index is 0.0810. The third-order valence-electron chi connectivity index (χ3n) is 1.82. The summed E-state index contributed by atoms with van der Waals surface area (Å²) in [5, 5.41) is 2.77. The lowest BCUT2D eigenvalue weighted by Crippen LogP contribution is -2.61. The Balaban J connectivity index is 2.46. The van der Waals surface area contributed by atoms with Crippen LogP contribution in [0, 0.1) is 5.41 Å². The summed E-state index contributed by atoms with van der Waals surface area (Å²) in [6.45, 7) is 0.806. The fourth-order valence-corrected chi connectivity index (χ4v) is 0.834. The molecule has 1 saturated heterocycles. The number of nitrogens with two attached hydrogens (primary N) is 1. The summed E-state index contributed by atoms with van der Waals surface area (Å²) >= 11 is 0. The lowest BCUT2D eigenvalue weighted by atomic mass is 9.82. The molecule has 9 heavy (non-hydrogen) atoms. The number of hydrogen-bond acceptors (Lipinski definition) is 2. The molecule has 1 aliphatic rings. The van der Waals surface area contributed by atoms with Gasteiger partial charge in [-0.25, -0.2) is 8.78 Å². The van der Waals surface area contributed by atoms with Gasteiger partial charge < -0.3 is 11.1 Å². The summed E-state index contributed by atoms with van der Waals surface area (Å²) in [5.41, 5.74) is 4.25. The highest BCUT2D eigenvalue weighted by atomic mass is 19.3. The fraction of sp³-hybridized carbons (Fsp3) is 1.00. The van der Waals surface area contributed by atoms with Crippen molar-refractivity contribution in [2.45, 2.75) is 6.43 Å². The van der Waals surface area contributed by atoms with Crippen LogP contribution < -0.4 is 11.1 Å². The predicted octanol–water partition coefficient (Wildman–Crippen LogP) is -0.200. The van der Waals surface area contributed by atoms with Crippen LogP contribution in [0.4, 0.5) is 8.78 Å². The van der Waals surface area contributed by atoms with E-state index >= 15 is 0 Å². The molecule has 0 unspecified atom stereocenters. The van der Waals surface area contributed by atoms with Gasteiger partial charge in [0, 0.05) is 19.6 Å². The molecule has 1 rings (SSSR count). The molecule has 4 heteroatoms. The fourth-order valence-electron chi connectivity index (χ4n) is 0.834. The summed E-state index contributed by atoms with van der Waals surface area (Å²) in [6, 6.07) is 0. The molecule has 0 bridgehead atoms. The third-order valence-corrected chi connectivity index (χ3v) is 1.82. The van der Waals surface area contributed by atoms with Crippen molar-refractivity contribution < 1.29 is 8.78 Å². The van der Waals surface area contributed by atoms with E-state index in [4.69, 9.17) is 5.73 Å². The van der Waals surface area contributed by atoms with E-state index in [1.165, 1.54) is 0 Å². The Bertz CT molecular complexity index is 95.6. The molecule has 1 aliphatic heterocycles. The molecule has 0 aromatic carbocycles. The van der Waals surface area contributed by atoms with Gasteiger partial charge in [-0.15, -0.1) is 0 Å². The van der Waals surface area contributed by atoms with Gasteiger partial charge >= 0.3 is 0 Å². The van der Waals surface area contributed by atoms with E-state index in [1.54, 1.807) is 0 Å². The zero-order valence-electron chi connectivity index (χ0n) is 5.03. The van der Waals surface area contributed by atoms with Gasteiger partial charge in [-0.1, -0.05) is 0 Å². The monoisotopic (exact) mass is 136 g/mol. The van der Waals surface area contributed by atoms with E-state index in [1.807, 2.05) is 0 Å². The lowest BCUT2D eigenvalue weighted by molar-refractivity contribution is -0.0345. The Kier molecular flexibility index (Phi) is 1.68. The third kappa shape index (κ3) is 0.923. The number of hydrogen-bond donors (Lipinski definition) is 2. The first kappa shape index (κ1) is 6.89. The molecule has 0 radical (unpaired) electrons. The van der Waals surface area contributed by atoms with Crippen molar-refractivity contribution in [1.82, 2.24) is 5.32 Å². The molecule has 0 spiro atoms. The van der Waals surface area contributed by atoms with E-state index in [2.05, 4.69) is 5.32 Å². The maximum Gasteiger partial charge on any atom is 0.247 e. The molecular formula is C5H10F2N2. The van der Waals surface area contributed by atoms with Crippen molar-refractivity contribution in [3.05, 3.63) is 0 Å². The van der Waals surface area contributed by atoms with Crippen molar-refractivity contribution in [3.63, 3.8) is 0 Å². The van der Waals surface area contributed by atoms with Gasteiger partial charge in [0.1, 0.15) is 0 Å².